The first-order valence-corrected chi connectivity index (χ1v) is 16.9. The molecule has 42 heavy (non-hydrogen) atoms. The molecule has 1 saturated heterocycles. The number of Topliss-reactive ketones (excluding diaryl/α,β-unsaturated/α-hetero) is 1. The van der Waals surface area contributed by atoms with E-state index in [-0.39, 0.29) is 46.5 Å². The fraction of sp³-hybridized carbons (Fsp3) is 0.452. The summed E-state index contributed by atoms with van der Waals surface area (Å²) < 4.78 is 57.5. The maximum absolute atomic E-state index is 14.5. The minimum atomic E-state index is -3.00. The van der Waals surface area contributed by atoms with Gasteiger partial charge in [0.1, 0.15) is 11.6 Å². The Morgan fingerprint density at radius 3 is 2.48 bits per heavy atom. The average molecular weight is 612 g/mol. The van der Waals surface area contributed by atoms with Crippen LogP contribution in [0, 0.1) is 34.3 Å². The molecule has 220 valence electrons. The van der Waals surface area contributed by atoms with E-state index in [0.717, 1.165) is 66.8 Å². The van der Waals surface area contributed by atoms with Crippen molar-refractivity contribution in [3.8, 4) is 27.5 Å². The van der Waals surface area contributed by atoms with Crippen LogP contribution >= 0.6 is 11.3 Å². The van der Waals surface area contributed by atoms with Crippen LogP contribution in [0.4, 0.5) is 14.5 Å². The normalized spacial score (nSPS) is 22.7. The van der Waals surface area contributed by atoms with Crippen LogP contribution in [0.1, 0.15) is 56.6 Å². The predicted octanol–water partition coefficient (Wildman–Crippen LogP) is 6.65. The summed E-state index contributed by atoms with van der Waals surface area (Å²) >= 11 is 1.25. The molecule has 2 aromatic carbocycles. The van der Waals surface area contributed by atoms with Crippen LogP contribution in [-0.2, 0) is 14.6 Å². The minimum Gasteiger partial charge on any atom is -0.428 e. The van der Waals surface area contributed by atoms with Gasteiger partial charge in [-0.1, -0.05) is 36.3 Å². The van der Waals surface area contributed by atoms with E-state index in [4.69, 9.17) is 9.72 Å². The molecular formula is C31H31F2N3O4S2. The van der Waals surface area contributed by atoms with Gasteiger partial charge in [-0.05, 0) is 55.5 Å². The number of rotatable bonds is 8. The van der Waals surface area contributed by atoms with Crippen molar-refractivity contribution in [1.29, 1.82) is 5.26 Å². The summed E-state index contributed by atoms with van der Waals surface area (Å²) in [5, 5.41) is 9.79. The smallest absolute Gasteiger partial charge is 0.279 e. The fourth-order valence-corrected chi connectivity index (χ4v) is 8.25. The Bertz CT molecular complexity index is 1630. The van der Waals surface area contributed by atoms with Crippen LogP contribution in [-0.4, -0.2) is 43.8 Å². The quantitative estimate of drug-likeness (QED) is 0.281. The number of sulfone groups is 1. The molecule has 2 atom stereocenters. The maximum Gasteiger partial charge on any atom is 0.279 e. The van der Waals surface area contributed by atoms with Crippen molar-refractivity contribution in [2.75, 3.05) is 29.5 Å². The molecule has 3 fully saturated rings. The van der Waals surface area contributed by atoms with Crippen LogP contribution in [0.25, 0.3) is 10.4 Å². The summed E-state index contributed by atoms with van der Waals surface area (Å²) in [5.41, 5.74) is 1.97. The van der Waals surface area contributed by atoms with Gasteiger partial charge in [-0.3, -0.25) is 4.79 Å². The Morgan fingerprint density at radius 2 is 1.81 bits per heavy atom. The van der Waals surface area contributed by atoms with E-state index < -0.39 is 26.9 Å². The second-order valence-corrected chi connectivity index (χ2v) is 14.9. The lowest BCUT2D eigenvalue weighted by Gasteiger charge is -2.31. The molecule has 6 rings (SSSR count). The number of nitriles is 1. The molecule has 2 saturated carbocycles. The molecule has 0 spiro atoms. The molecule has 11 heteroatoms. The molecular weight excluding hydrogens is 580 g/mol. The molecule has 1 aliphatic heterocycles. The summed E-state index contributed by atoms with van der Waals surface area (Å²) in [5.74, 6) is -1.78. The first-order valence-electron chi connectivity index (χ1n) is 14.3. The Labute approximate surface area is 248 Å². The van der Waals surface area contributed by atoms with Gasteiger partial charge in [-0.15, -0.1) is 0 Å². The van der Waals surface area contributed by atoms with Crippen molar-refractivity contribution in [3.63, 3.8) is 0 Å². The number of ketones is 1. The monoisotopic (exact) mass is 611 g/mol. The van der Waals surface area contributed by atoms with Crippen LogP contribution < -0.4 is 9.64 Å². The molecule has 7 nitrogen and oxygen atoms in total. The number of benzene rings is 2. The van der Waals surface area contributed by atoms with Crippen molar-refractivity contribution >= 4 is 32.6 Å². The number of carbonyl (C=O) groups is 1. The zero-order valence-electron chi connectivity index (χ0n) is 23.0. The van der Waals surface area contributed by atoms with Gasteiger partial charge in [0.2, 0.25) is 0 Å². The molecule has 1 aromatic heterocycles. The molecule has 0 amide bonds. The first-order chi connectivity index (χ1) is 20.2. The van der Waals surface area contributed by atoms with Gasteiger partial charge in [0.25, 0.3) is 5.19 Å². The van der Waals surface area contributed by atoms with Gasteiger partial charge in [0.15, 0.2) is 21.4 Å². The Balaban J connectivity index is 1.33. The first kappa shape index (κ1) is 28.7. The Hall–Kier alpha value is -3.36. The fourth-order valence-electron chi connectivity index (χ4n) is 6.05. The van der Waals surface area contributed by atoms with Gasteiger partial charge in [0.05, 0.1) is 33.6 Å². The van der Waals surface area contributed by atoms with Crippen molar-refractivity contribution in [1.82, 2.24) is 4.98 Å². The summed E-state index contributed by atoms with van der Waals surface area (Å²) in [6.07, 6.45) is 5.12. The molecule has 0 bridgehead atoms. The Morgan fingerprint density at radius 1 is 1.10 bits per heavy atom. The summed E-state index contributed by atoms with van der Waals surface area (Å²) in [6, 6.07) is 13.2. The largest absolute Gasteiger partial charge is 0.428 e. The third-order valence-corrected chi connectivity index (χ3v) is 11.3. The summed E-state index contributed by atoms with van der Waals surface area (Å²) in [4.78, 5) is 21.2. The van der Waals surface area contributed by atoms with E-state index in [9.17, 15) is 27.3 Å². The number of ether oxygens (including phenoxy) is 1. The molecule has 0 unspecified atom stereocenters. The van der Waals surface area contributed by atoms with Gasteiger partial charge in [-0.25, -0.2) is 22.2 Å². The number of anilines is 1. The van der Waals surface area contributed by atoms with Crippen molar-refractivity contribution in [2.45, 2.75) is 50.9 Å². The topological polar surface area (TPSA) is 100 Å². The third-order valence-electron chi connectivity index (χ3n) is 8.70. The number of hydrogen-bond donors (Lipinski definition) is 0. The van der Waals surface area contributed by atoms with E-state index in [1.165, 1.54) is 17.4 Å². The second kappa shape index (κ2) is 11.4. The van der Waals surface area contributed by atoms with Gasteiger partial charge >= 0.3 is 0 Å². The molecule has 2 aliphatic carbocycles. The number of aromatic nitrogens is 1. The summed E-state index contributed by atoms with van der Waals surface area (Å²) in [7, 11) is -3.00. The maximum atomic E-state index is 14.5. The van der Waals surface area contributed by atoms with E-state index in [0.29, 0.717) is 18.8 Å². The highest BCUT2D eigenvalue weighted by molar-refractivity contribution is 7.91. The van der Waals surface area contributed by atoms with E-state index in [1.54, 1.807) is 0 Å². The highest BCUT2D eigenvalue weighted by Gasteiger charge is 2.47. The highest BCUT2D eigenvalue weighted by Crippen LogP contribution is 2.52. The number of hydrogen-bond acceptors (Lipinski definition) is 8. The third kappa shape index (κ3) is 6.06. The number of nitrogens with zero attached hydrogens (tertiary/aromatic N) is 3. The lowest BCUT2D eigenvalue weighted by Crippen LogP contribution is -2.40. The molecule has 2 heterocycles. The van der Waals surface area contributed by atoms with Crippen LogP contribution in [0.5, 0.6) is 10.9 Å². The van der Waals surface area contributed by atoms with Crippen molar-refractivity contribution in [3.05, 3.63) is 59.8 Å². The standard InChI is InChI=1S/C31H31F2N3O4S2/c32-21-7-10-27(25(33)17-21)40-30-35-28(24-4-2-1-3-23(24)26(37)18-31(19-34)11-12-31)29(41-30)20-5-8-22(9-6-20)36-13-15-42(38,39)16-14-36/h5-10,17,23-24H,1-4,11-16,18H2/t23-,24-/m1/s1. The lowest BCUT2D eigenvalue weighted by molar-refractivity contribution is -0.125. The van der Waals surface area contributed by atoms with E-state index in [2.05, 4.69) is 6.07 Å². The number of halogens is 2. The lowest BCUT2D eigenvalue weighted by atomic mass is 9.73. The number of thiazole rings is 1. The second-order valence-electron chi connectivity index (χ2n) is 11.6. The molecule has 0 N–H and O–H groups in total. The van der Waals surface area contributed by atoms with Crippen LogP contribution in [0.2, 0.25) is 0 Å². The van der Waals surface area contributed by atoms with Crippen molar-refractivity contribution < 1.29 is 26.7 Å². The minimum absolute atomic E-state index is 0.0974. The Kier molecular flexibility index (Phi) is 7.79. The zero-order chi connectivity index (χ0) is 29.5. The number of carbonyl (C=O) groups excluding carboxylic acids is 1. The molecule has 0 radical (unpaired) electrons. The average Bonchev–Trinajstić information content (AvgIpc) is 3.63. The van der Waals surface area contributed by atoms with E-state index in [1.807, 2.05) is 29.2 Å². The van der Waals surface area contributed by atoms with Crippen LogP contribution in [0.15, 0.2) is 42.5 Å². The van der Waals surface area contributed by atoms with E-state index >= 15 is 0 Å². The van der Waals surface area contributed by atoms with Gasteiger partial charge < -0.3 is 9.64 Å². The predicted molar refractivity (Wildman–Crippen MR) is 156 cm³/mol. The van der Waals surface area contributed by atoms with Crippen molar-refractivity contribution in [2.24, 2.45) is 11.3 Å². The molecule has 3 aliphatic rings. The van der Waals surface area contributed by atoms with Gasteiger partial charge in [0, 0.05) is 43.1 Å². The summed E-state index contributed by atoms with van der Waals surface area (Å²) in [6.45, 7) is 0.871. The van der Waals surface area contributed by atoms with Gasteiger partial charge in [-0.2, -0.15) is 5.26 Å². The SMILES string of the molecule is N#CC1(CC(=O)[C@@H]2CCCC[C@H]2c2nc(Oc3ccc(F)cc3F)sc2-c2ccc(N3CCS(=O)(=O)CC3)cc2)CC1. The molecule has 3 aromatic rings. The van der Waals surface area contributed by atoms with Crippen LogP contribution in [0.3, 0.4) is 0 Å². The zero-order valence-corrected chi connectivity index (χ0v) is 24.7. The highest BCUT2D eigenvalue weighted by atomic mass is 32.2.